The van der Waals surface area contributed by atoms with Crippen LogP contribution in [-0.4, -0.2) is 42.0 Å². The maximum Gasteiger partial charge on any atom is 0.255 e. The summed E-state index contributed by atoms with van der Waals surface area (Å²) in [6.45, 7) is -0.716. The van der Waals surface area contributed by atoms with E-state index in [0.29, 0.717) is 0 Å². The smallest absolute Gasteiger partial charge is 0.255 e. The van der Waals surface area contributed by atoms with E-state index in [-0.39, 0.29) is 30.5 Å². The van der Waals surface area contributed by atoms with Gasteiger partial charge in [-0.25, -0.2) is 13.8 Å². The second kappa shape index (κ2) is 6.09. The monoisotopic (exact) mass is 244 g/mol. The standard InChI is InChI=1S/C10H14F2N4O/c11-8(12)6-16(4-5-17)9-3-1-2-7(15-9)10(13)14/h1-3,8,17H,4-6H2,(H3,13,14). The van der Waals surface area contributed by atoms with Gasteiger partial charge in [0, 0.05) is 6.54 Å². The Balaban J connectivity index is 2.92. The number of hydrogen-bond donors (Lipinski definition) is 3. The predicted molar refractivity (Wildman–Crippen MR) is 60.6 cm³/mol. The van der Waals surface area contributed by atoms with Crippen LogP contribution in [0, 0.1) is 5.41 Å². The molecule has 0 aliphatic carbocycles. The average molecular weight is 244 g/mol. The van der Waals surface area contributed by atoms with Crippen LogP contribution in [-0.2, 0) is 0 Å². The Kier molecular flexibility index (Phi) is 4.77. The topological polar surface area (TPSA) is 86.2 Å². The van der Waals surface area contributed by atoms with Crippen molar-refractivity contribution in [3.05, 3.63) is 23.9 Å². The minimum Gasteiger partial charge on any atom is -0.395 e. The molecule has 17 heavy (non-hydrogen) atoms. The molecule has 0 spiro atoms. The summed E-state index contributed by atoms with van der Waals surface area (Å²) in [4.78, 5) is 5.22. The van der Waals surface area contributed by atoms with Crippen LogP contribution in [0.1, 0.15) is 5.69 Å². The molecule has 0 saturated carbocycles. The first-order valence-corrected chi connectivity index (χ1v) is 5.00. The molecule has 4 N–H and O–H groups in total. The zero-order valence-corrected chi connectivity index (χ0v) is 9.11. The van der Waals surface area contributed by atoms with Gasteiger partial charge in [0.2, 0.25) is 0 Å². The number of nitrogens with one attached hydrogen (secondary N) is 1. The number of nitrogens with two attached hydrogens (primary N) is 1. The molecule has 0 fully saturated rings. The minimum atomic E-state index is -2.52. The second-order valence-electron chi connectivity index (χ2n) is 3.36. The van der Waals surface area contributed by atoms with Crippen molar-refractivity contribution in [1.29, 1.82) is 5.41 Å². The molecule has 0 saturated heterocycles. The summed E-state index contributed by atoms with van der Waals surface area (Å²) < 4.78 is 24.7. The summed E-state index contributed by atoms with van der Waals surface area (Å²) in [6.07, 6.45) is -2.52. The molecule has 0 aromatic carbocycles. The molecule has 0 aliphatic heterocycles. The van der Waals surface area contributed by atoms with Crippen LogP contribution in [0.25, 0.3) is 0 Å². The molecule has 7 heteroatoms. The Morgan fingerprint density at radius 2 is 2.24 bits per heavy atom. The summed E-state index contributed by atoms with van der Waals surface area (Å²) in [7, 11) is 0. The summed E-state index contributed by atoms with van der Waals surface area (Å²) in [5.41, 5.74) is 5.48. The SMILES string of the molecule is N=C(N)c1cccc(N(CCO)CC(F)F)n1. The first-order chi connectivity index (χ1) is 8.04. The van der Waals surface area contributed by atoms with Crippen LogP contribution in [0.15, 0.2) is 18.2 Å². The number of aliphatic hydroxyl groups excluding tert-OH is 1. The van der Waals surface area contributed by atoms with E-state index in [2.05, 4.69) is 4.98 Å². The maximum atomic E-state index is 12.3. The number of amidine groups is 1. The summed E-state index contributed by atoms with van der Waals surface area (Å²) in [5.74, 6) is 0.0416. The molecule has 0 radical (unpaired) electrons. The molecule has 1 aromatic rings. The van der Waals surface area contributed by atoms with Gasteiger partial charge in [0.1, 0.15) is 17.3 Å². The van der Waals surface area contributed by atoms with Crippen LogP contribution >= 0.6 is 0 Å². The van der Waals surface area contributed by atoms with Crippen molar-refractivity contribution in [3.63, 3.8) is 0 Å². The van der Waals surface area contributed by atoms with Gasteiger partial charge in [-0.3, -0.25) is 5.41 Å². The molecule has 0 amide bonds. The van der Waals surface area contributed by atoms with Crippen LogP contribution in [0.5, 0.6) is 0 Å². The van der Waals surface area contributed by atoms with Crippen molar-refractivity contribution in [3.8, 4) is 0 Å². The fourth-order valence-electron chi connectivity index (χ4n) is 1.34. The lowest BCUT2D eigenvalue weighted by molar-refractivity contribution is 0.152. The highest BCUT2D eigenvalue weighted by Crippen LogP contribution is 2.12. The van der Waals surface area contributed by atoms with Gasteiger partial charge >= 0.3 is 0 Å². The van der Waals surface area contributed by atoms with Crippen LogP contribution in [0.4, 0.5) is 14.6 Å². The van der Waals surface area contributed by atoms with E-state index in [4.69, 9.17) is 16.2 Å². The van der Waals surface area contributed by atoms with Gasteiger partial charge in [0.25, 0.3) is 6.43 Å². The zero-order valence-electron chi connectivity index (χ0n) is 9.11. The summed E-state index contributed by atoms with van der Waals surface area (Å²) in [5, 5.41) is 16.0. The van der Waals surface area contributed by atoms with Crippen LogP contribution in [0.2, 0.25) is 0 Å². The molecule has 1 rings (SSSR count). The number of anilines is 1. The number of nitrogens with zero attached hydrogens (tertiary/aromatic N) is 2. The maximum absolute atomic E-state index is 12.3. The van der Waals surface area contributed by atoms with E-state index < -0.39 is 13.0 Å². The van der Waals surface area contributed by atoms with Crippen molar-refractivity contribution in [2.75, 3.05) is 24.6 Å². The molecule has 0 bridgehead atoms. The van der Waals surface area contributed by atoms with Crippen molar-refractivity contribution >= 4 is 11.7 Å². The van der Waals surface area contributed by atoms with Gasteiger partial charge in [-0.2, -0.15) is 0 Å². The lowest BCUT2D eigenvalue weighted by Crippen LogP contribution is -2.32. The van der Waals surface area contributed by atoms with Crippen molar-refractivity contribution < 1.29 is 13.9 Å². The van der Waals surface area contributed by atoms with Crippen LogP contribution < -0.4 is 10.6 Å². The molecule has 5 nitrogen and oxygen atoms in total. The van der Waals surface area contributed by atoms with Crippen molar-refractivity contribution in [2.24, 2.45) is 5.73 Å². The van der Waals surface area contributed by atoms with Gasteiger partial charge in [0.15, 0.2) is 0 Å². The highest BCUT2D eigenvalue weighted by atomic mass is 19.3. The third kappa shape index (κ3) is 3.95. The van der Waals surface area contributed by atoms with Gasteiger partial charge in [-0.05, 0) is 12.1 Å². The van der Waals surface area contributed by atoms with E-state index in [1.807, 2.05) is 0 Å². The van der Waals surface area contributed by atoms with E-state index in [0.717, 1.165) is 0 Å². The zero-order chi connectivity index (χ0) is 12.8. The van der Waals surface area contributed by atoms with E-state index in [1.54, 1.807) is 6.07 Å². The first kappa shape index (κ1) is 13.3. The largest absolute Gasteiger partial charge is 0.395 e. The summed E-state index contributed by atoms with van der Waals surface area (Å²) >= 11 is 0. The highest BCUT2D eigenvalue weighted by Gasteiger charge is 2.14. The Labute approximate surface area is 97.4 Å². The normalized spacial score (nSPS) is 10.6. The Morgan fingerprint density at radius 3 is 2.76 bits per heavy atom. The van der Waals surface area contributed by atoms with Gasteiger partial charge in [-0.1, -0.05) is 6.07 Å². The molecular formula is C10H14F2N4O. The number of aromatic nitrogens is 1. The number of halogens is 2. The lowest BCUT2D eigenvalue weighted by Gasteiger charge is -2.22. The van der Waals surface area contributed by atoms with Crippen molar-refractivity contribution in [1.82, 2.24) is 4.98 Å². The fraction of sp³-hybridized carbons (Fsp3) is 0.400. The molecule has 0 unspecified atom stereocenters. The Bertz CT molecular complexity index is 386. The quantitative estimate of drug-likeness (QED) is 0.500. The second-order valence-corrected chi connectivity index (χ2v) is 3.36. The summed E-state index contributed by atoms with van der Waals surface area (Å²) in [6, 6.07) is 4.63. The third-order valence-corrected chi connectivity index (χ3v) is 2.06. The Morgan fingerprint density at radius 1 is 1.53 bits per heavy atom. The number of alkyl halides is 2. The van der Waals surface area contributed by atoms with E-state index in [1.165, 1.54) is 17.0 Å². The van der Waals surface area contributed by atoms with E-state index in [9.17, 15) is 8.78 Å². The number of hydrogen-bond acceptors (Lipinski definition) is 4. The molecule has 0 aliphatic rings. The predicted octanol–water partition coefficient (Wildman–Crippen LogP) is 0.429. The number of pyridine rings is 1. The van der Waals surface area contributed by atoms with Gasteiger partial charge < -0.3 is 15.7 Å². The highest BCUT2D eigenvalue weighted by molar-refractivity contribution is 5.93. The third-order valence-electron chi connectivity index (χ3n) is 2.06. The number of aliphatic hydroxyl groups is 1. The molecule has 1 aromatic heterocycles. The van der Waals surface area contributed by atoms with E-state index >= 15 is 0 Å². The minimum absolute atomic E-state index is 0.0543. The molecule has 1 heterocycles. The van der Waals surface area contributed by atoms with Gasteiger partial charge in [0.05, 0.1) is 13.2 Å². The fourth-order valence-corrected chi connectivity index (χ4v) is 1.34. The first-order valence-electron chi connectivity index (χ1n) is 5.00. The molecule has 0 atom stereocenters. The Hall–Kier alpha value is -1.76. The molecular weight excluding hydrogens is 230 g/mol. The number of nitrogen functional groups attached to an aromatic ring is 1. The van der Waals surface area contributed by atoms with Crippen LogP contribution in [0.3, 0.4) is 0 Å². The van der Waals surface area contributed by atoms with Crippen molar-refractivity contribution in [2.45, 2.75) is 6.43 Å². The van der Waals surface area contributed by atoms with Gasteiger partial charge in [-0.15, -0.1) is 0 Å². The number of rotatable bonds is 6. The lowest BCUT2D eigenvalue weighted by atomic mass is 10.3. The average Bonchev–Trinajstić information content (AvgIpc) is 2.28. The molecule has 94 valence electrons.